The van der Waals surface area contributed by atoms with Gasteiger partial charge in [-0.3, -0.25) is 0 Å². The highest BCUT2D eigenvalue weighted by Gasteiger charge is 2.22. The first kappa shape index (κ1) is 10.6. The van der Waals surface area contributed by atoms with Crippen molar-refractivity contribution in [1.29, 1.82) is 0 Å². The van der Waals surface area contributed by atoms with Gasteiger partial charge in [-0.05, 0) is 24.8 Å². The molecule has 1 aliphatic rings. The van der Waals surface area contributed by atoms with Crippen LogP contribution in [0.2, 0.25) is 0 Å². The highest BCUT2D eigenvalue weighted by atomic mass is 19.1. The summed E-state index contributed by atoms with van der Waals surface area (Å²) in [5.41, 5.74) is 0.775. The van der Waals surface area contributed by atoms with Crippen LogP contribution in [0.1, 0.15) is 31.7 Å². The highest BCUT2D eigenvalue weighted by molar-refractivity contribution is 5.17. The molecule has 1 aliphatic carbocycles. The second-order valence-corrected chi connectivity index (χ2v) is 4.49. The zero-order valence-corrected chi connectivity index (χ0v) is 9.17. The fraction of sp³-hybridized carbons (Fsp3) is 0.538. The predicted molar refractivity (Wildman–Crippen MR) is 60.0 cm³/mol. The molecule has 0 radical (unpaired) electrons. The number of halogens is 1. The maximum Gasteiger partial charge on any atom is 0.127 e. The summed E-state index contributed by atoms with van der Waals surface area (Å²) < 4.78 is 13.3. The Morgan fingerprint density at radius 2 is 2.13 bits per heavy atom. The molecule has 1 nitrogen and oxygen atoms in total. The van der Waals surface area contributed by atoms with Gasteiger partial charge >= 0.3 is 0 Å². The molecular weight excluding hydrogens is 189 g/mol. The van der Waals surface area contributed by atoms with Crippen molar-refractivity contribution < 1.29 is 4.39 Å². The first-order valence-electron chi connectivity index (χ1n) is 5.74. The Bertz CT molecular complexity index is 324. The third kappa shape index (κ3) is 2.57. The lowest BCUT2D eigenvalue weighted by atomic mass is 10.1. The van der Waals surface area contributed by atoms with Crippen LogP contribution in [0.25, 0.3) is 0 Å². The van der Waals surface area contributed by atoms with Gasteiger partial charge in [0.15, 0.2) is 0 Å². The van der Waals surface area contributed by atoms with E-state index in [1.54, 1.807) is 6.07 Å². The van der Waals surface area contributed by atoms with Crippen LogP contribution in [0.5, 0.6) is 0 Å². The monoisotopic (exact) mass is 207 g/mol. The molecule has 0 spiro atoms. The Morgan fingerprint density at radius 3 is 2.80 bits per heavy atom. The van der Waals surface area contributed by atoms with E-state index in [4.69, 9.17) is 0 Å². The van der Waals surface area contributed by atoms with Crippen LogP contribution < -0.4 is 5.32 Å². The van der Waals surface area contributed by atoms with Crippen LogP contribution in [-0.2, 0) is 6.54 Å². The van der Waals surface area contributed by atoms with E-state index in [1.165, 1.54) is 25.3 Å². The molecule has 15 heavy (non-hydrogen) atoms. The summed E-state index contributed by atoms with van der Waals surface area (Å²) in [5, 5.41) is 3.45. The maximum absolute atomic E-state index is 13.3. The fourth-order valence-electron chi connectivity index (χ4n) is 2.33. The second-order valence-electron chi connectivity index (χ2n) is 4.49. The molecule has 2 atom stereocenters. The smallest absolute Gasteiger partial charge is 0.127 e. The summed E-state index contributed by atoms with van der Waals surface area (Å²) in [5.74, 6) is 0.632. The average molecular weight is 207 g/mol. The Hall–Kier alpha value is -0.890. The van der Waals surface area contributed by atoms with E-state index >= 15 is 0 Å². The predicted octanol–water partition coefficient (Wildman–Crippen LogP) is 3.10. The third-order valence-electron chi connectivity index (χ3n) is 3.37. The molecule has 1 fully saturated rings. The largest absolute Gasteiger partial charge is 0.310 e. The van der Waals surface area contributed by atoms with Crippen LogP contribution in [0.4, 0.5) is 4.39 Å². The van der Waals surface area contributed by atoms with Gasteiger partial charge in [0.05, 0.1) is 0 Å². The van der Waals surface area contributed by atoms with Crippen molar-refractivity contribution in [3.8, 4) is 0 Å². The molecule has 0 aromatic heterocycles. The SMILES string of the molecule is C[C@H]1CCC[C@H]1NCc1ccccc1F. The van der Waals surface area contributed by atoms with Crippen LogP contribution >= 0.6 is 0 Å². The van der Waals surface area contributed by atoms with Crippen molar-refractivity contribution in [2.24, 2.45) is 5.92 Å². The number of rotatable bonds is 3. The molecule has 0 saturated heterocycles. The lowest BCUT2D eigenvalue weighted by Gasteiger charge is -2.17. The van der Waals surface area contributed by atoms with Crippen LogP contribution in [-0.4, -0.2) is 6.04 Å². The molecule has 2 heteroatoms. The van der Waals surface area contributed by atoms with Crippen LogP contribution in [0.15, 0.2) is 24.3 Å². The molecule has 1 saturated carbocycles. The van der Waals surface area contributed by atoms with Gasteiger partial charge in [-0.15, -0.1) is 0 Å². The van der Waals surface area contributed by atoms with Crippen molar-refractivity contribution in [3.05, 3.63) is 35.6 Å². The van der Waals surface area contributed by atoms with Crippen LogP contribution in [0, 0.1) is 11.7 Å². The third-order valence-corrected chi connectivity index (χ3v) is 3.37. The zero-order chi connectivity index (χ0) is 10.7. The highest BCUT2D eigenvalue weighted by Crippen LogP contribution is 2.25. The van der Waals surface area contributed by atoms with E-state index in [1.807, 2.05) is 12.1 Å². The van der Waals surface area contributed by atoms with Crippen LogP contribution in [0.3, 0.4) is 0 Å². The number of hydrogen-bond acceptors (Lipinski definition) is 1. The minimum atomic E-state index is -0.101. The summed E-state index contributed by atoms with van der Waals surface area (Å²) in [6, 6.07) is 7.57. The van der Waals surface area contributed by atoms with E-state index < -0.39 is 0 Å². The molecule has 0 amide bonds. The van der Waals surface area contributed by atoms with Gasteiger partial charge in [0.2, 0.25) is 0 Å². The molecule has 0 unspecified atom stereocenters. The zero-order valence-electron chi connectivity index (χ0n) is 9.17. The summed E-state index contributed by atoms with van der Waals surface area (Å²) >= 11 is 0. The van der Waals surface area contributed by atoms with Crippen molar-refractivity contribution >= 4 is 0 Å². The van der Waals surface area contributed by atoms with E-state index in [9.17, 15) is 4.39 Å². The quantitative estimate of drug-likeness (QED) is 0.803. The molecule has 82 valence electrons. The topological polar surface area (TPSA) is 12.0 Å². The average Bonchev–Trinajstić information content (AvgIpc) is 2.63. The van der Waals surface area contributed by atoms with E-state index in [0.717, 1.165) is 11.5 Å². The number of nitrogens with one attached hydrogen (secondary N) is 1. The van der Waals surface area contributed by atoms with Gasteiger partial charge in [-0.2, -0.15) is 0 Å². The van der Waals surface area contributed by atoms with Gasteiger partial charge in [-0.1, -0.05) is 31.5 Å². The maximum atomic E-state index is 13.3. The summed E-state index contributed by atoms with van der Waals surface area (Å²) in [6.45, 7) is 2.92. The molecule has 1 aromatic carbocycles. The van der Waals surface area contributed by atoms with Gasteiger partial charge in [0.25, 0.3) is 0 Å². The Balaban J connectivity index is 1.90. The number of benzene rings is 1. The van der Waals surface area contributed by atoms with Crippen molar-refractivity contribution in [2.75, 3.05) is 0 Å². The first-order valence-corrected chi connectivity index (χ1v) is 5.74. The molecule has 0 heterocycles. The van der Waals surface area contributed by atoms with Crippen molar-refractivity contribution in [2.45, 2.75) is 38.8 Å². The number of hydrogen-bond donors (Lipinski definition) is 1. The van der Waals surface area contributed by atoms with Gasteiger partial charge in [-0.25, -0.2) is 4.39 Å². The van der Waals surface area contributed by atoms with Gasteiger partial charge in [0, 0.05) is 18.2 Å². The second kappa shape index (κ2) is 4.75. The summed E-state index contributed by atoms with van der Waals surface area (Å²) in [7, 11) is 0. The van der Waals surface area contributed by atoms with E-state index in [2.05, 4.69) is 12.2 Å². The lowest BCUT2D eigenvalue weighted by molar-refractivity contribution is 0.421. The molecule has 2 rings (SSSR count). The van der Waals surface area contributed by atoms with Gasteiger partial charge < -0.3 is 5.32 Å². The molecule has 0 bridgehead atoms. The fourth-order valence-corrected chi connectivity index (χ4v) is 2.33. The molecule has 1 N–H and O–H groups in total. The standard InChI is InChI=1S/C13H18FN/c1-10-5-4-8-13(10)15-9-11-6-2-3-7-12(11)14/h2-3,6-7,10,13,15H,4-5,8-9H2,1H3/t10-,13+/m0/s1. The molecule has 0 aliphatic heterocycles. The minimum absolute atomic E-state index is 0.101. The van der Waals surface area contributed by atoms with E-state index in [-0.39, 0.29) is 5.82 Å². The molecule has 1 aromatic rings. The summed E-state index contributed by atoms with van der Waals surface area (Å²) in [4.78, 5) is 0. The Morgan fingerprint density at radius 1 is 1.33 bits per heavy atom. The Labute approximate surface area is 90.7 Å². The Kier molecular flexibility index (Phi) is 3.37. The molecular formula is C13H18FN. The normalized spacial score (nSPS) is 25.7. The lowest BCUT2D eigenvalue weighted by Crippen LogP contribution is -2.30. The minimum Gasteiger partial charge on any atom is -0.310 e. The van der Waals surface area contributed by atoms with Crippen molar-refractivity contribution in [3.63, 3.8) is 0 Å². The van der Waals surface area contributed by atoms with Crippen molar-refractivity contribution in [1.82, 2.24) is 5.32 Å². The van der Waals surface area contributed by atoms with Gasteiger partial charge in [0.1, 0.15) is 5.82 Å². The first-order chi connectivity index (χ1) is 7.27. The van der Waals surface area contributed by atoms with E-state index in [0.29, 0.717) is 12.6 Å². The summed E-state index contributed by atoms with van der Waals surface area (Å²) in [6.07, 6.45) is 3.83.